The van der Waals surface area contributed by atoms with Gasteiger partial charge in [0.1, 0.15) is 5.75 Å². The number of phenolic OH excluding ortho intramolecular Hbond substituents is 1. The topological polar surface area (TPSA) is 96.1 Å². The van der Waals surface area contributed by atoms with Crippen molar-refractivity contribution >= 4 is 24.5 Å². The van der Waals surface area contributed by atoms with Crippen LogP contribution in [0.15, 0.2) is 23.1 Å². The minimum Gasteiger partial charge on any atom is -0.507 e. The molecule has 7 nitrogen and oxygen atoms in total. The second-order valence-corrected chi connectivity index (χ2v) is 6.52. The minimum atomic E-state index is -0.645. The minimum absolute atomic E-state index is 0.102. The fourth-order valence-electron chi connectivity index (χ4n) is 2.79. The third-order valence-electron chi connectivity index (χ3n) is 4.15. The van der Waals surface area contributed by atoms with E-state index >= 15 is 0 Å². The third-order valence-corrected chi connectivity index (χ3v) is 4.51. The molecule has 1 heterocycles. The van der Waals surface area contributed by atoms with Crippen LogP contribution in [0.3, 0.4) is 0 Å². The average Bonchev–Trinajstić information content (AvgIpc) is 2.58. The lowest BCUT2D eigenvalue weighted by atomic mass is 10.0. The second-order valence-electron chi connectivity index (χ2n) is 6.04. The fourth-order valence-corrected chi connectivity index (χ4v) is 3.03. The molecule has 0 bridgehead atoms. The van der Waals surface area contributed by atoms with Crippen LogP contribution in [0.1, 0.15) is 12.5 Å². The summed E-state index contributed by atoms with van der Waals surface area (Å²) in [6.45, 7) is 4.73. The van der Waals surface area contributed by atoms with Crippen molar-refractivity contribution in [2.24, 2.45) is 5.73 Å². The van der Waals surface area contributed by atoms with Crippen LogP contribution in [0.4, 0.5) is 0 Å². The molecular formula is C17H25N3O4S. The number of piperazine rings is 1. The Morgan fingerprint density at radius 1 is 1.32 bits per heavy atom. The zero-order valence-corrected chi connectivity index (χ0v) is 15.2. The first-order chi connectivity index (χ1) is 11.9. The molecule has 1 fully saturated rings. The SMILES string of the molecule is CCOC(=O)CN1CCN(C(=O)C(N)Cc2ccc(O)c(S)c2)CC1. The Kier molecular flexibility index (Phi) is 7.10. The number of carbonyl (C=O) groups is 2. The van der Waals surface area contributed by atoms with Crippen LogP contribution in [-0.4, -0.2) is 72.2 Å². The maximum atomic E-state index is 12.5. The van der Waals surface area contributed by atoms with Crippen LogP contribution in [0.25, 0.3) is 0 Å². The van der Waals surface area contributed by atoms with Gasteiger partial charge < -0.3 is 20.5 Å². The van der Waals surface area contributed by atoms with Crippen LogP contribution >= 0.6 is 12.6 Å². The van der Waals surface area contributed by atoms with Crippen LogP contribution < -0.4 is 5.73 Å². The molecule has 0 saturated carbocycles. The average molecular weight is 367 g/mol. The molecule has 0 spiro atoms. The number of carbonyl (C=O) groups excluding carboxylic acids is 2. The van der Waals surface area contributed by atoms with Crippen molar-refractivity contribution in [3.63, 3.8) is 0 Å². The highest BCUT2D eigenvalue weighted by Crippen LogP contribution is 2.22. The van der Waals surface area contributed by atoms with Crippen molar-refractivity contribution in [1.82, 2.24) is 9.80 Å². The van der Waals surface area contributed by atoms with Gasteiger partial charge in [-0.3, -0.25) is 14.5 Å². The van der Waals surface area contributed by atoms with Crippen molar-refractivity contribution in [1.29, 1.82) is 0 Å². The lowest BCUT2D eigenvalue weighted by molar-refractivity contribution is -0.145. The van der Waals surface area contributed by atoms with Crippen molar-refractivity contribution in [3.8, 4) is 5.75 Å². The first kappa shape index (κ1) is 19.6. The molecule has 1 unspecified atom stereocenters. The number of aromatic hydroxyl groups is 1. The van der Waals surface area contributed by atoms with Gasteiger partial charge in [-0.15, -0.1) is 12.6 Å². The molecule has 1 aromatic carbocycles. The molecule has 0 aliphatic carbocycles. The normalized spacial score (nSPS) is 16.5. The van der Waals surface area contributed by atoms with Gasteiger partial charge in [-0.2, -0.15) is 0 Å². The predicted octanol–water partition coefficient (Wildman–Crippen LogP) is 0.258. The van der Waals surface area contributed by atoms with Gasteiger partial charge in [0.15, 0.2) is 0 Å². The number of hydrogen-bond donors (Lipinski definition) is 3. The second kappa shape index (κ2) is 9.07. The zero-order valence-electron chi connectivity index (χ0n) is 14.4. The monoisotopic (exact) mass is 367 g/mol. The molecule has 25 heavy (non-hydrogen) atoms. The largest absolute Gasteiger partial charge is 0.507 e. The maximum Gasteiger partial charge on any atom is 0.320 e. The summed E-state index contributed by atoms with van der Waals surface area (Å²) in [6.07, 6.45) is 0.385. The smallest absolute Gasteiger partial charge is 0.320 e. The summed E-state index contributed by atoms with van der Waals surface area (Å²) in [4.78, 5) is 28.2. The summed E-state index contributed by atoms with van der Waals surface area (Å²) in [5.41, 5.74) is 6.91. The van der Waals surface area contributed by atoms with Gasteiger partial charge in [-0.1, -0.05) is 6.07 Å². The molecule has 1 aliphatic rings. The highest BCUT2D eigenvalue weighted by atomic mass is 32.1. The lowest BCUT2D eigenvalue weighted by Crippen LogP contribution is -2.54. The number of phenols is 1. The summed E-state index contributed by atoms with van der Waals surface area (Å²) < 4.78 is 4.94. The fraction of sp³-hybridized carbons (Fsp3) is 0.529. The van der Waals surface area contributed by atoms with E-state index in [2.05, 4.69) is 12.6 Å². The van der Waals surface area contributed by atoms with Crippen molar-refractivity contribution in [3.05, 3.63) is 23.8 Å². The summed E-state index contributed by atoms with van der Waals surface area (Å²) in [5, 5.41) is 9.49. The summed E-state index contributed by atoms with van der Waals surface area (Å²) in [6, 6.07) is 4.35. The molecule has 1 atom stereocenters. The quantitative estimate of drug-likeness (QED) is 0.493. The number of benzene rings is 1. The molecule has 138 valence electrons. The number of ether oxygens (including phenoxy) is 1. The van der Waals surface area contributed by atoms with E-state index in [0.717, 1.165) is 5.56 Å². The molecule has 0 radical (unpaired) electrons. The van der Waals surface area contributed by atoms with Gasteiger partial charge in [0.25, 0.3) is 0 Å². The molecule has 1 amide bonds. The number of amides is 1. The highest BCUT2D eigenvalue weighted by Gasteiger charge is 2.26. The van der Waals surface area contributed by atoms with E-state index in [1.165, 1.54) is 0 Å². The lowest BCUT2D eigenvalue weighted by Gasteiger charge is -2.35. The molecule has 0 aromatic heterocycles. The Balaban J connectivity index is 1.82. The Hall–Kier alpha value is -1.77. The molecule has 1 aliphatic heterocycles. The summed E-state index contributed by atoms with van der Waals surface area (Å²) >= 11 is 4.17. The Morgan fingerprint density at radius 3 is 2.60 bits per heavy atom. The number of nitrogens with zero attached hydrogens (tertiary/aromatic N) is 2. The van der Waals surface area contributed by atoms with Gasteiger partial charge in [0, 0.05) is 31.1 Å². The number of nitrogens with two attached hydrogens (primary N) is 1. The van der Waals surface area contributed by atoms with Gasteiger partial charge >= 0.3 is 5.97 Å². The Bertz CT molecular complexity index is 618. The summed E-state index contributed by atoms with van der Waals surface area (Å²) in [5.74, 6) is -0.247. The summed E-state index contributed by atoms with van der Waals surface area (Å²) in [7, 11) is 0. The van der Waals surface area contributed by atoms with Gasteiger partial charge in [0.2, 0.25) is 5.91 Å². The Labute approximate surface area is 153 Å². The zero-order chi connectivity index (χ0) is 18.4. The van der Waals surface area contributed by atoms with E-state index in [0.29, 0.717) is 44.1 Å². The standard InChI is InChI=1S/C17H25N3O4S/c1-2-24-16(22)11-19-5-7-20(8-6-19)17(23)13(18)9-12-3-4-14(21)15(25)10-12/h3-4,10,13,21,25H,2,5-9,11,18H2,1H3. The van der Waals surface area contributed by atoms with Gasteiger partial charge in [0.05, 0.1) is 19.2 Å². The molecule has 1 saturated heterocycles. The van der Waals surface area contributed by atoms with Gasteiger partial charge in [-0.25, -0.2) is 0 Å². The molecule has 1 aromatic rings. The first-order valence-electron chi connectivity index (χ1n) is 8.34. The van der Waals surface area contributed by atoms with Crippen LogP contribution in [0, 0.1) is 0 Å². The first-order valence-corrected chi connectivity index (χ1v) is 8.78. The molecule has 2 rings (SSSR count). The van der Waals surface area contributed by atoms with E-state index in [-0.39, 0.29) is 24.2 Å². The predicted molar refractivity (Wildman–Crippen MR) is 96.7 cm³/mol. The van der Waals surface area contributed by atoms with Crippen LogP contribution in [-0.2, 0) is 20.7 Å². The van der Waals surface area contributed by atoms with E-state index in [1.54, 1.807) is 30.0 Å². The molecule has 3 N–H and O–H groups in total. The highest BCUT2D eigenvalue weighted by molar-refractivity contribution is 7.80. The van der Waals surface area contributed by atoms with E-state index in [1.807, 2.05) is 4.90 Å². The third kappa shape index (κ3) is 5.62. The van der Waals surface area contributed by atoms with E-state index in [4.69, 9.17) is 10.5 Å². The number of thiol groups is 1. The van der Waals surface area contributed by atoms with Crippen LogP contribution in [0.2, 0.25) is 0 Å². The number of hydrogen-bond acceptors (Lipinski definition) is 7. The Morgan fingerprint density at radius 2 is 2.00 bits per heavy atom. The maximum absolute atomic E-state index is 12.5. The van der Waals surface area contributed by atoms with E-state index in [9.17, 15) is 14.7 Å². The number of esters is 1. The number of rotatable bonds is 6. The molecular weight excluding hydrogens is 342 g/mol. The van der Waals surface area contributed by atoms with Crippen molar-refractivity contribution in [2.75, 3.05) is 39.3 Å². The molecule has 8 heteroatoms. The van der Waals surface area contributed by atoms with E-state index < -0.39 is 6.04 Å². The van der Waals surface area contributed by atoms with Crippen molar-refractivity contribution < 1.29 is 19.4 Å². The van der Waals surface area contributed by atoms with Gasteiger partial charge in [-0.05, 0) is 31.0 Å². The van der Waals surface area contributed by atoms with Crippen molar-refractivity contribution in [2.45, 2.75) is 24.3 Å². The van der Waals surface area contributed by atoms with Crippen LogP contribution in [0.5, 0.6) is 5.75 Å².